The van der Waals surface area contributed by atoms with E-state index in [0.29, 0.717) is 5.91 Å². The fraction of sp³-hybridized carbons (Fsp3) is 0.560. The topological polar surface area (TPSA) is 95.9 Å². The van der Waals surface area contributed by atoms with Gasteiger partial charge in [0.15, 0.2) is 0 Å². The van der Waals surface area contributed by atoms with Crippen LogP contribution in [0.1, 0.15) is 56.9 Å². The third-order valence-electron chi connectivity index (χ3n) is 6.82. The quantitative estimate of drug-likeness (QED) is 0.551. The summed E-state index contributed by atoms with van der Waals surface area (Å²) in [6, 6.07) is 9.99. The van der Waals surface area contributed by atoms with Gasteiger partial charge in [0, 0.05) is 37.7 Å². The lowest BCUT2D eigenvalue weighted by Crippen LogP contribution is -2.49. The minimum absolute atomic E-state index is 0.0541. The second-order valence-electron chi connectivity index (χ2n) is 8.87. The number of hydrogen-bond donors (Lipinski definition) is 2. The van der Waals surface area contributed by atoms with Crippen LogP contribution in [0.25, 0.3) is 6.08 Å². The zero-order valence-corrected chi connectivity index (χ0v) is 18.6. The van der Waals surface area contributed by atoms with Crippen molar-refractivity contribution in [2.75, 3.05) is 19.7 Å². The van der Waals surface area contributed by atoms with Crippen LogP contribution in [0.5, 0.6) is 0 Å². The Morgan fingerprint density at radius 1 is 1.06 bits per heavy atom. The summed E-state index contributed by atoms with van der Waals surface area (Å²) < 4.78 is 5.97. The maximum absolute atomic E-state index is 12.9. The van der Waals surface area contributed by atoms with Gasteiger partial charge in [-0.15, -0.1) is 0 Å². The van der Waals surface area contributed by atoms with Crippen LogP contribution in [0, 0.1) is 5.92 Å². The summed E-state index contributed by atoms with van der Waals surface area (Å²) >= 11 is 0. The maximum atomic E-state index is 12.9. The van der Waals surface area contributed by atoms with E-state index >= 15 is 0 Å². The Hall–Kier alpha value is -2.67. The third-order valence-corrected chi connectivity index (χ3v) is 6.82. The van der Waals surface area contributed by atoms with E-state index in [1.807, 2.05) is 36.4 Å². The largest absolute Gasteiger partial charge is 0.483 e. The summed E-state index contributed by atoms with van der Waals surface area (Å²) in [5.41, 5.74) is 1.08. The Morgan fingerprint density at radius 2 is 1.72 bits per heavy atom. The number of nitrogens with zero attached hydrogens (tertiary/aromatic N) is 1. The Morgan fingerprint density at radius 3 is 2.31 bits per heavy atom. The van der Waals surface area contributed by atoms with Gasteiger partial charge in [0.1, 0.15) is 0 Å². The van der Waals surface area contributed by atoms with Crippen molar-refractivity contribution in [1.82, 2.24) is 10.2 Å². The Bertz CT molecular complexity index is 771. The summed E-state index contributed by atoms with van der Waals surface area (Å²) in [7, 11) is 0. The molecule has 0 bridgehead atoms. The fourth-order valence-electron chi connectivity index (χ4n) is 5.01. The Kier molecular flexibility index (Phi) is 8.85. The summed E-state index contributed by atoms with van der Waals surface area (Å²) in [6.07, 6.45) is 11.2. The summed E-state index contributed by atoms with van der Waals surface area (Å²) in [6.45, 7) is 2.30. The molecule has 1 saturated carbocycles. The van der Waals surface area contributed by atoms with Crippen molar-refractivity contribution in [3.05, 3.63) is 42.0 Å². The van der Waals surface area contributed by atoms with Gasteiger partial charge in [0.05, 0.1) is 5.60 Å². The third kappa shape index (κ3) is 6.66. The van der Waals surface area contributed by atoms with Crippen LogP contribution >= 0.6 is 0 Å². The highest BCUT2D eigenvalue weighted by molar-refractivity contribution is 5.91. The van der Waals surface area contributed by atoms with Crippen LogP contribution in [0.2, 0.25) is 0 Å². The van der Waals surface area contributed by atoms with Crippen molar-refractivity contribution in [2.45, 2.75) is 63.0 Å². The van der Waals surface area contributed by atoms with Crippen LogP contribution in [0.4, 0.5) is 0 Å². The van der Waals surface area contributed by atoms with Gasteiger partial charge in [0.2, 0.25) is 11.8 Å². The van der Waals surface area contributed by atoms with Crippen LogP contribution in [0.3, 0.4) is 0 Å². The van der Waals surface area contributed by atoms with E-state index in [1.165, 1.54) is 0 Å². The van der Waals surface area contributed by atoms with Crippen molar-refractivity contribution in [3.8, 4) is 0 Å². The predicted molar refractivity (Wildman–Crippen MR) is 122 cm³/mol. The Balaban J connectivity index is 0.000000913. The molecule has 4 rings (SSSR count). The average molecular weight is 443 g/mol. The van der Waals surface area contributed by atoms with Gasteiger partial charge in [-0.3, -0.25) is 14.4 Å². The number of amides is 2. The van der Waals surface area contributed by atoms with E-state index in [4.69, 9.17) is 14.6 Å². The van der Waals surface area contributed by atoms with Crippen LogP contribution in [-0.4, -0.2) is 59.6 Å². The van der Waals surface area contributed by atoms with Crippen molar-refractivity contribution in [2.24, 2.45) is 5.92 Å². The lowest BCUT2D eigenvalue weighted by Gasteiger charge is -2.40. The number of carbonyl (C=O) groups excluding carboxylic acids is 2. The standard InChI is InChI=1S/C24H32N2O3.CH2O2/c27-22(12-7-19-5-2-1-3-6-19)25-21-10-8-20(9-11-21)23(28)26-16-14-24(15-17-26)13-4-18-29-24;2-1-3/h1-3,5-7,12,20-21H,4,8-11,13-18H2,(H,25,27);1H,(H,2,3)/b12-7+;. The molecule has 32 heavy (non-hydrogen) atoms. The van der Waals surface area contributed by atoms with E-state index in [1.54, 1.807) is 6.08 Å². The number of benzene rings is 1. The SMILES string of the molecule is O=C(/C=C/c1ccccc1)NC1CCC(C(=O)N2CCC3(CCCO3)CC2)CC1.O=CO. The van der Waals surface area contributed by atoms with Crippen molar-refractivity contribution in [1.29, 1.82) is 0 Å². The van der Waals surface area contributed by atoms with Crippen molar-refractivity contribution < 1.29 is 24.2 Å². The highest BCUT2D eigenvalue weighted by atomic mass is 16.5. The first-order valence-electron chi connectivity index (χ1n) is 11.6. The van der Waals surface area contributed by atoms with Gasteiger partial charge in [0.25, 0.3) is 6.47 Å². The fourth-order valence-corrected chi connectivity index (χ4v) is 5.01. The molecule has 0 atom stereocenters. The highest BCUT2D eigenvalue weighted by Crippen LogP contribution is 2.36. The molecule has 2 heterocycles. The van der Waals surface area contributed by atoms with Gasteiger partial charge in [-0.2, -0.15) is 0 Å². The van der Waals surface area contributed by atoms with Crippen molar-refractivity contribution in [3.63, 3.8) is 0 Å². The van der Waals surface area contributed by atoms with E-state index in [0.717, 1.165) is 76.6 Å². The van der Waals surface area contributed by atoms with Gasteiger partial charge in [-0.05, 0) is 63.0 Å². The van der Waals surface area contributed by atoms with E-state index in [9.17, 15) is 9.59 Å². The number of ether oxygens (including phenoxy) is 1. The lowest BCUT2D eigenvalue weighted by molar-refractivity contribution is -0.141. The molecule has 2 N–H and O–H groups in total. The number of carbonyl (C=O) groups is 3. The molecule has 2 saturated heterocycles. The second-order valence-corrected chi connectivity index (χ2v) is 8.87. The molecule has 7 nitrogen and oxygen atoms in total. The molecular weight excluding hydrogens is 408 g/mol. The highest BCUT2D eigenvalue weighted by Gasteiger charge is 2.40. The molecule has 2 aliphatic heterocycles. The van der Waals surface area contributed by atoms with E-state index in [2.05, 4.69) is 10.2 Å². The molecule has 3 fully saturated rings. The minimum atomic E-state index is -0.250. The number of rotatable bonds is 4. The van der Waals surface area contributed by atoms with Gasteiger partial charge < -0.3 is 20.1 Å². The lowest BCUT2D eigenvalue weighted by atomic mass is 9.83. The molecule has 1 aromatic rings. The zero-order chi connectivity index (χ0) is 22.8. The smallest absolute Gasteiger partial charge is 0.290 e. The first-order chi connectivity index (χ1) is 15.5. The summed E-state index contributed by atoms with van der Waals surface area (Å²) in [5, 5.41) is 9.98. The average Bonchev–Trinajstić information content (AvgIpc) is 3.27. The van der Waals surface area contributed by atoms with Gasteiger partial charge in [-0.25, -0.2) is 0 Å². The van der Waals surface area contributed by atoms with E-state index < -0.39 is 0 Å². The zero-order valence-electron chi connectivity index (χ0n) is 18.6. The second kappa shape index (κ2) is 11.8. The van der Waals surface area contributed by atoms with Crippen LogP contribution in [-0.2, 0) is 19.1 Å². The minimum Gasteiger partial charge on any atom is -0.483 e. The number of hydrogen-bond acceptors (Lipinski definition) is 4. The molecule has 1 spiro atoms. The number of nitrogens with one attached hydrogen (secondary N) is 1. The van der Waals surface area contributed by atoms with Crippen LogP contribution in [0.15, 0.2) is 36.4 Å². The predicted octanol–water partition coefficient (Wildman–Crippen LogP) is 3.25. The molecule has 1 aromatic carbocycles. The molecule has 7 heteroatoms. The first kappa shape index (κ1) is 24.0. The monoisotopic (exact) mass is 442 g/mol. The van der Waals surface area contributed by atoms with Crippen molar-refractivity contribution >= 4 is 24.4 Å². The number of carboxylic acid groups (broad SMARTS) is 1. The maximum Gasteiger partial charge on any atom is 0.290 e. The molecule has 174 valence electrons. The van der Waals surface area contributed by atoms with E-state index in [-0.39, 0.29) is 29.9 Å². The van der Waals surface area contributed by atoms with Gasteiger partial charge in [-0.1, -0.05) is 30.3 Å². The molecule has 2 amide bonds. The number of likely N-dealkylation sites (tertiary alicyclic amines) is 1. The summed E-state index contributed by atoms with van der Waals surface area (Å²) in [5.74, 6) is 0.370. The Labute approximate surface area is 189 Å². The first-order valence-corrected chi connectivity index (χ1v) is 11.6. The summed E-state index contributed by atoms with van der Waals surface area (Å²) in [4.78, 5) is 35.5. The number of piperidine rings is 1. The molecule has 3 aliphatic rings. The normalized spacial score (nSPS) is 24.6. The molecule has 1 aliphatic carbocycles. The van der Waals surface area contributed by atoms with Gasteiger partial charge >= 0.3 is 0 Å². The van der Waals surface area contributed by atoms with Crippen LogP contribution < -0.4 is 5.32 Å². The molecule has 0 aromatic heterocycles. The molecule has 0 radical (unpaired) electrons. The molecule has 0 unspecified atom stereocenters. The molecular formula is C25H34N2O5.